The molecule has 0 saturated heterocycles. The van der Waals surface area contributed by atoms with Crippen LogP contribution in [0.25, 0.3) is 28.0 Å². The Kier molecular flexibility index (Phi) is 4.96. The number of benzene rings is 2. The molecule has 1 N–H and O–H groups in total. The highest BCUT2D eigenvalue weighted by atomic mass is 35.5. The van der Waals surface area contributed by atoms with Crippen LogP contribution >= 0.6 is 11.6 Å². The number of carbonyl (C=O) groups excluding carboxylic acids is 1. The van der Waals surface area contributed by atoms with Gasteiger partial charge in [-0.05, 0) is 42.8 Å². The van der Waals surface area contributed by atoms with Gasteiger partial charge in [0.2, 0.25) is 5.91 Å². The van der Waals surface area contributed by atoms with E-state index < -0.39 is 0 Å². The van der Waals surface area contributed by atoms with E-state index in [1.807, 2.05) is 61.5 Å². The van der Waals surface area contributed by atoms with Crippen molar-refractivity contribution in [1.29, 1.82) is 0 Å². The molecular weight excluding hydrogens is 462 g/mol. The molecule has 172 valence electrons. The van der Waals surface area contributed by atoms with E-state index in [9.17, 15) is 4.79 Å². The first kappa shape index (κ1) is 21.2. The number of amides is 1. The van der Waals surface area contributed by atoms with Gasteiger partial charge >= 0.3 is 0 Å². The Hall–Kier alpha value is -4.30. The van der Waals surface area contributed by atoms with Crippen molar-refractivity contribution in [1.82, 2.24) is 24.3 Å². The summed E-state index contributed by atoms with van der Waals surface area (Å²) in [4.78, 5) is 26.4. The van der Waals surface area contributed by atoms with Crippen LogP contribution < -0.4 is 5.32 Å². The SMILES string of the molecule is Cc1nc2cnccc2n1-c1ccc(C2=Nc3c(-c4ccc(Cl)cc4)nn(C)c3NC(=O)C2)cc1. The second-order valence-corrected chi connectivity index (χ2v) is 8.80. The quantitative estimate of drug-likeness (QED) is 0.381. The van der Waals surface area contributed by atoms with E-state index in [0.29, 0.717) is 27.9 Å². The maximum absolute atomic E-state index is 12.7. The molecule has 0 saturated carbocycles. The Labute approximate surface area is 205 Å². The first-order chi connectivity index (χ1) is 17.0. The molecule has 0 atom stereocenters. The predicted octanol–water partition coefficient (Wildman–Crippen LogP) is 5.25. The van der Waals surface area contributed by atoms with Crippen LogP contribution in [-0.2, 0) is 11.8 Å². The molecule has 6 rings (SSSR count). The number of aliphatic imine (C=N–C) groups is 1. The zero-order valence-corrected chi connectivity index (χ0v) is 19.8. The van der Waals surface area contributed by atoms with Crippen LogP contribution in [0.5, 0.6) is 0 Å². The lowest BCUT2D eigenvalue weighted by molar-refractivity contribution is -0.115. The van der Waals surface area contributed by atoms with E-state index in [1.54, 1.807) is 24.1 Å². The molecule has 35 heavy (non-hydrogen) atoms. The number of halogens is 1. The van der Waals surface area contributed by atoms with E-state index in [0.717, 1.165) is 33.7 Å². The van der Waals surface area contributed by atoms with Crippen molar-refractivity contribution in [2.24, 2.45) is 12.0 Å². The number of fused-ring (bicyclic) bond motifs is 2. The van der Waals surface area contributed by atoms with Crippen molar-refractivity contribution in [3.63, 3.8) is 0 Å². The number of rotatable bonds is 3. The fourth-order valence-corrected chi connectivity index (χ4v) is 4.54. The average Bonchev–Trinajstić information content (AvgIpc) is 3.28. The van der Waals surface area contributed by atoms with E-state index in [4.69, 9.17) is 16.6 Å². The van der Waals surface area contributed by atoms with Gasteiger partial charge in [-0.15, -0.1) is 0 Å². The van der Waals surface area contributed by atoms with Gasteiger partial charge in [-0.25, -0.2) is 14.7 Å². The smallest absolute Gasteiger partial charge is 0.231 e. The molecule has 8 nitrogen and oxygen atoms in total. The summed E-state index contributed by atoms with van der Waals surface area (Å²) in [7, 11) is 1.79. The van der Waals surface area contributed by atoms with Crippen molar-refractivity contribution in [2.75, 3.05) is 5.32 Å². The van der Waals surface area contributed by atoms with Crippen LogP contribution in [0.1, 0.15) is 17.8 Å². The van der Waals surface area contributed by atoms with Gasteiger partial charge in [0.25, 0.3) is 0 Å². The highest BCUT2D eigenvalue weighted by Gasteiger charge is 2.24. The molecule has 4 heterocycles. The van der Waals surface area contributed by atoms with Crippen LogP contribution in [0.4, 0.5) is 11.5 Å². The maximum atomic E-state index is 12.7. The van der Waals surface area contributed by atoms with Gasteiger partial charge in [0.1, 0.15) is 22.7 Å². The molecule has 0 bridgehead atoms. The molecule has 5 aromatic rings. The second kappa shape index (κ2) is 8.18. The number of pyridine rings is 1. The van der Waals surface area contributed by atoms with Crippen molar-refractivity contribution in [3.05, 3.63) is 83.4 Å². The fraction of sp³-hybridized carbons (Fsp3) is 0.115. The number of anilines is 1. The summed E-state index contributed by atoms with van der Waals surface area (Å²) in [5, 5.41) is 8.22. The standard InChI is InChI=1S/C26H20ClN7O/c1-15-29-21-14-28-12-11-22(21)34(15)19-9-5-16(6-10-19)20-13-23(35)31-26-25(30-20)24(32-33(26)2)17-3-7-18(27)8-4-17/h3-12,14H,13H2,1-2H3,(H,31,35). The fourth-order valence-electron chi connectivity index (χ4n) is 4.41. The molecule has 1 aliphatic heterocycles. The summed E-state index contributed by atoms with van der Waals surface area (Å²) >= 11 is 6.07. The van der Waals surface area contributed by atoms with Crippen molar-refractivity contribution in [3.8, 4) is 16.9 Å². The average molecular weight is 482 g/mol. The van der Waals surface area contributed by atoms with Gasteiger partial charge in [-0.3, -0.25) is 14.3 Å². The van der Waals surface area contributed by atoms with Crippen LogP contribution in [0.15, 0.2) is 72.0 Å². The summed E-state index contributed by atoms with van der Waals surface area (Å²) in [5.74, 6) is 1.31. The Morgan fingerprint density at radius 3 is 2.51 bits per heavy atom. The zero-order valence-electron chi connectivity index (χ0n) is 19.0. The lowest BCUT2D eigenvalue weighted by atomic mass is 10.1. The van der Waals surface area contributed by atoms with Crippen molar-refractivity contribution >= 4 is 45.8 Å². The van der Waals surface area contributed by atoms with E-state index in [-0.39, 0.29) is 12.3 Å². The highest BCUT2D eigenvalue weighted by Crippen LogP contribution is 2.38. The molecule has 9 heteroatoms. The first-order valence-electron chi connectivity index (χ1n) is 11.1. The third-order valence-electron chi connectivity index (χ3n) is 6.06. The molecule has 0 radical (unpaired) electrons. The number of aromatic nitrogens is 5. The van der Waals surface area contributed by atoms with Gasteiger partial charge in [0, 0.05) is 29.5 Å². The first-order valence-corrected chi connectivity index (χ1v) is 11.5. The Morgan fingerprint density at radius 1 is 1.00 bits per heavy atom. The van der Waals surface area contributed by atoms with Gasteiger partial charge in [-0.2, -0.15) is 5.10 Å². The number of imidazole rings is 1. The molecule has 0 fully saturated rings. The van der Waals surface area contributed by atoms with Crippen LogP contribution in [0.3, 0.4) is 0 Å². The lowest BCUT2D eigenvalue weighted by Crippen LogP contribution is -2.17. The summed E-state index contributed by atoms with van der Waals surface area (Å²) in [6.07, 6.45) is 3.68. The van der Waals surface area contributed by atoms with E-state index in [2.05, 4.69) is 25.0 Å². The largest absolute Gasteiger partial charge is 0.309 e. The van der Waals surface area contributed by atoms with Gasteiger partial charge < -0.3 is 5.32 Å². The van der Waals surface area contributed by atoms with Gasteiger partial charge in [0.05, 0.1) is 23.8 Å². The minimum Gasteiger partial charge on any atom is -0.309 e. The van der Waals surface area contributed by atoms with E-state index >= 15 is 0 Å². The Bertz CT molecular complexity index is 1630. The molecule has 1 amide bonds. The Morgan fingerprint density at radius 2 is 1.74 bits per heavy atom. The van der Waals surface area contributed by atoms with Crippen LogP contribution in [-0.4, -0.2) is 35.9 Å². The second-order valence-electron chi connectivity index (χ2n) is 8.37. The third-order valence-corrected chi connectivity index (χ3v) is 6.31. The topological polar surface area (TPSA) is 90.0 Å². The predicted molar refractivity (Wildman–Crippen MR) is 137 cm³/mol. The summed E-state index contributed by atoms with van der Waals surface area (Å²) < 4.78 is 3.73. The van der Waals surface area contributed by atoms with Crippen LogP contribution in [0, 0.1) is 6.92 Å². The third kappa shape index (κ3) is 3.68. The normalized spacial score (nSPS) is 13.3. The summed E-state index contributed by atoms with van der Waals surface area (Å²) in [6.45, 7) is 1.97. The van der Waals surface area contributed by atoms with Crippen LogP contribution in [0.2, 0.25) is 5.02 Å². The number of hydrogen-bond donors (Lipinski definition) is 1. The molecule has 0 aliphatic carbocycles. The molecule has 0 unspecified atom stereocenters. The molecule has 1 aliphatic rings. The monoisotopic (exact) mass is 481 g/mol. The minimum absolute atomic E-state index is 0.138. The molecule has 2 aromatic carbocycles. The molecule has 3 aromatic heterocycles. The summed E-state index contributed by atoms with van der Waals surface area (Å²) in [5.41, 5.74) is 6.54. The highest BCUT2D eigenvalue weighted by molar-refractivity contribution is 6.30. The number of nitrogens with one attached hydrogen (secondary N) is 1. The van der Waals surface area contributed by atoms with Gasteiger partial charge in [0.15, 0.2) is 5.82 Å². The van der Waals surface area contributed by atoms with E-state index in [1.165, 1.54) is 0 Å². The van der Waals surface area contributed by atoms with Crippen molar-refractivity contribution in [2.45, 2.75) is 13.3 Å². The Balaban J connectivity index is 1.43. The maximum Gasteiger partial charge on any atom is 0.231 e. The van der Waals surface area contributed by atoms with Crippen molar-refractivity contribution < 1.29 is 4.79 Å². The molecular formula is C26H20ClN7O. The number of aryl methyl sites for hydroxylation is 2. The number of nitrogens with zero attached hydrogens (tertiary/aromatic N) is 6. The number of hydrogen-bond acceptors (Lipinski definition) is 5. The minimum atomic E-state index is -0.138. The van der Waals surface area contributed by atoms with Gasteiger partial charge in [-0.1, -0.05) is 35.9 Å². The summed E-state index contributed by atoms with van der Waals surface area (Å²) in [6, 6.07) is 17.4. The lowest BCUT2D eigenvalue weighted by Gasteiger charge is -2.09. The zero-order chi connectivity index (χ0) is 24.1. The number of carbonyl (C=O) groups is 1. The molecule has 0 spiro atoms.